The summed E-state index contributed by atoms with van der Waals surface area (Å²) in [5.74, 6) is 0.149. The summed E-state index contributed by atoms with van der Waals surface area (Å²) in [4.78, 5) is 18.2. The van der Waals surface area contributed by atoms with Crippen molar-refractivity contribution in [2.24, 2.45) is 0 Å². The maximum absolute atomic E-state index is 12.2. The van der Waals surface area contributed by atoms with E-state index < -0.39 is 0 Å². The number of aromatic nitrogens is 3. The minimum absolute atomic E-state index is 0.000341. The third-order valence-electron chi connectivity index (χ3n) is 4.84. The molecule has 0 unspecified atom stereocenters. The number of hydrogen-bond acceptors (Lipinski definition) is 4. The minimum Gasteiger partial charge on any atom is -0.337 e. The normalized spacial score (nSPS) is 19.9. The van der Waals surface area contributed by atoms with E-state index in [0.29, 0.717) is 13.0 Å². The Bertz CT molecular complexity index is 877. The van der Waals surface area contributed by atoms with Crippen LogP contribution in [0.1, 0.15) is 23.6 Å². The summed E-state index contributed by atoms with van der Waals surface area (Å²) >= 11 is 0. The summed E-state index contributed by atoms with van der Waals surface area (Å²) in [6.45, 7) is 0.662. The Kier molecular flexibility index (Phi) is 4.50. The van der Waals surface area contributed by atoms with Crippen molar-refractivity contribution < 1.29 is 4.79 Å². The molecule has 3 heterocycles. The van der Waals surface area contributed by atoms with Crippen LogP contribution in [0.5, 0.6) is 0 Å². The molecule has 2 atom stereocenters. The molecular formula is C20H21N5O. The molecule has 1 aliphatic heterocycles. The quantitative estimate of drug-likeness (QED) is 0.769. The molecule has 1 fully saturated rings. The van der Waals surface area contributed by atoms with E-state index in [-0.39, 0.29) is 18.0 Å². The molecular weight excluding hydrogens is 326 g/mol. The molecule has 6 nitrogen and oxygen atoms in total. The van der Waals surface area contributed by atoms with Crippen LogP contribution in [0, 0.1) is 0 Å². The lowest BCUT2D eigenvalue weighted by Crippen LogP contribution is -2.34. The molecule has 0 bridgehead atoms. The molecule has 6 heteroatoms. The van der Waals surface area contributed by atoms with E-state index in [9.17, 15) is 4.79 Å². The van der Waals surface area contributed by atoms with Crippen LogP contribution in [0.3, 0.4) is 0 Å². The summed E-state index contributed by atoms with van der Waals surface area (Å²) in [7, 11) is 1.86. The van der Waals surface area contributed by atoms with Gasteiger partial charge in [0.05, 0.1) is 17.9 Å². The van der Waals surface area contributed by atoms with Crippen LogP contribution >= 0.6 is 0 Å². The summed E-state index contributed by atoms with van der Waals surface area (Å²) in [5.41, 5.74) is 3.17. The molecule has 1 N–H and O–H groups in total. The largest absolute Gasteiger partial charge is 0.337 e. The van der Waals surface area contributed by atoms with Crippen LogP contribution in [0.15, 0.2) is 67.3 Å². The Morgan fingerprint density at radius 3 is 2.77 bits per heavy atom. The highest BCUT2D eigenvalue weighted by Crippen LogP contribution is 2.31. The topological polar surface area (TPSA) is 63.1 Å². The summed E-state index contributed by atoms with van der Waals surface area (Å²) in [6, 6.07) is 14.0. The van der Waals surface area contributed by atoms with Crippen molar-refractivity contribution in [1.29, 1.82) is 0 Å². The highest BCUT2D eigenvalue weighted by molar-refractivity contribution is 5.80. The van der Waals surface area contributed by atoms with Gasteiger partial charge in [0, 0.05) is 50.2 Å². The molecule has 2 aromatic heterocycles. The van der Waals surface area contributed by atoms with E-state index in [0.717, 1.165) is 16.8 Å². The van der Waals surface area contributed by atoms with Gasteiger partial charge in [0.15, 0.2) is 0 Å². The number of pyridine rings is 1. The molecule has 0 radical (unpaired) electrons. The number of rotatable bonds is 5. The molecule has 0 spiro atoms. The molecule has 132 valence electrons. The fraction of sp³-hybridized carbons (Fsp3) is 0.250. The number of nitrogens with zero attached hydrogens (tertiary/aromatic N) is 4. The van der Waals surface area contributed by atoms with E-state index in [2.05, 4.69) is 15.4 Å². The summed E-state index contributed by atoms with van der Waals surface area (Å²) in [5, 5.41) is 7.96. The lowest BCUT2D eigenvalue weighted by molar-refractivity contribution is -0.127. The Labute approximate surface area is 152 Å². The monoisotopic (exact) mass is 347 g/mol. The second kappa shape index (κ2) is 7.09. The highest BCUT2D eigenvalue weighted by Gasteiger charge is 2.38. The minimum atomic E-state index is 0.000341. The molecule has 4 rings (SSSR count). The van der Waals surface area contributed by atoms with Crippen LogP contribution in [-0.2, 0) is 11.3 Å². The van der Waals surface area contributed by atoms with Crippen molar-refractivity contribution in [2.75, 3.05) is 7.05 Å². The number of hydrogen-bond donors (Lipinski definition) is 1. The van der Waals surface area contributed by atoms with Crippen molar-refractivity contribution >= 4 is 5.91 Å². The number of carbonyl (C=O) groups excluding carboxylic acids is 1. The molecule has 0 aliphatic carbocycles. The maximum Gasteiger partial charge on any atom is 0.224 e. The number of likely N-dealkylation sites (tertiary alicyclic amines) is 1. The highest BCUT2D eigenvalue weighted by atomic mass is 16.2. The van der Waals surface area contributed by atoms with Gasteiger partial charge in [-0.25, -0.2) is 4.68 Å². The third kappa shape index (κ3) is 3.23. The van der Waals surface area contributed by atoms with Gasteiger partial charge in [0.2, 0.25) is 5.91 Å². The standard InChI is InChI=1S/C20H21N5O/c1-24-19(26)10-18(20(24)16-6-5-9-21-13-16)22-11-15-12-23-25(14-15)17-7-3-2-4-8-17/h2-9,12-14,18,20,22H,10-11H2,1H3/t18-,20+/m1/s1. The first-order chi connectivity index (χ1) is 12.7. The second-order valence-electron chi connectivity index (χ2n) is 6.56. The van der Waals surface area contributed by atoms with E-state index in [1.165, 1.54) is 0 Å². The first-order valence-corrected chi connectivity index (χ1v) is 8.70. The molecule has 1 amide bonds. The number of amides is 1. The Balaban J connectivity index is 1.47. The van der Waals surface area contributed by atoms with Crippen molar-refractivity contribution in [1.82, 2.24) is 25.0 Å². The fourth-order valence-corrected chi connectivity index (χ4v) is 3.48. The van der Waals surface area contributed by atoms with E-state index >= 15 is 0 Å². The van der Waals surface area contributed by atoms with Gasteiger partial charge >= 0.3 is 0 Å². The van der Waals surface area contributed by atoms with Crippen LogP contribution in [-0.4, -0.2) is 38.7 Å². The van der Waals surface area contributed by atoms with Crippen molar-refractivity contribution in [3.63, 3.8) is 0 Å². The van der Waals surface area contributed by atoms with Crippen LogP contribution < -0.4 is 5.32 Å². The zero-order valence-electron chi connectivity index (χ0n) is 14.6. The maximum atomic E-state index is 12.2. The Morgan fingerprint density at radius 1 is 1.15 bits per heavy atom. The smallest absolute Gasteiger partial charge is 0.224 e. The van der Waals surface area contributed by atoms with Crippen molar-refractivity contribution in [3.05, 3.63) is 78.4 Å². The van der Waals surface area contributed by atoms with E-state index in [1.54, 1.807) is 6.20 Å². The average molecular weight is 347 g/mol. The predicted octanol–water partition coefficient (Wildman–Crippen LogP) is 2.33. The van der Waals surface area contributed by atoms with E-state index in [4.69, 9.17) is 0 Å². The van der Waals surface area contributed by atoms with Gasteiger partial charge in [0.25, 0.3) is 0 Å². The first-order valence-electron chi connectivity index (χ1n) is 8.70. The van der Waals surface area contributed by atoms with Gasteiger partial charge in [0.1, 0.15) is 0 Å². The summed E-state index contributed by atoms with van der Waals surface area (Å²) < 4.78 is 1.86. The van der Waals surface area contributed by atoms with Crippen LogP contribution in [0.25, 0.3) is 5.69 Å². The number of para-hydroxylation sites is 1. The molecule has 3 aromatic rings. The molecule has 26 heavy (non-hydrogen) atoms. The average Bonchev–Trinajstić information content (AvgIpc) is 3.26. The van der Waals surface area contributed by atoms with Gasteiger partial charge in [-0.05, 0) is 23.8 Å². The number of likely N-dealkylation sites (N-methyl/N-ethyl adjacent to an activating group) is 1. The Hall–Kier alpha value is -2.99. The van der Waals surface area contributed by atoms with Gasteiger partial charge < -0.3 is 10.2 Å². The van der Waals surface area contributed by atoms with Crippen LogP contribution in [0.4, 0.5) is 0 Å². The fourth-order valence-electron chi connectivity index (χ4n) is 3.48. The molecule has 1 aromatic carbocycles. The van der Waals surface area contributed by atoms with Gasteiger partial charge in [-0.1, -0.05) is 24.3 Å². The van der Waals surface area contributed by atoms with Crippen molar-refractivity contribution in [3.8, 4) is 5.69 Å². The predicted molar refractivity (Wildman–Crippen MR) is 98.6 cm³/mol. The zero-order chi connectivity index (χ0) is 17.9. The SMILES string of the molecule is CN1C(=O)C[C@@H](NCc2cnn(-c3ccccc3)c2)[C@@H]1c1cccnc1. The third-order valence-corrected chi connectivity index (χ3v) is 4.84. The second-order valence-corrected chi connectivity index (χ2v) is 6.56. The Morgan fingerprint density at radius 2 is 2.00 bits per heavy atom. The lowest BCUT2D eigenvalue weighted by Gasteiger charge is -2.25. The zero-order valence-corrected chi connectivity index (χ0v) is 14.6. The van der Waals surface area contributed by atoms with Crippen molar-refractivity contribution in [2.45, 2.75) is 25.0 Å². The van der Waals surface area contributed by atoms with Gasteiger partial charge in [-0.3, -0.25) is 9.78 Å². The number of carbonyl (C=O) groups is 1. The molecule has 0 saturated carbocycles. The van der Waals surface area contributed by atoms with E-state index in [1.807, 2.05) is 77.7 Å². The van der Waals surface area contributed by atoms with Crippen LogP contribution in [0.2, 0.25) is 0 Å². The summed E-state index contributed by atoms with van der Waals surface area (Å²) in [6.07, 6.45) is 7.95. The molecule has 1 aliphatic rings. The first kappa shape index (κ1) is 16.5. The van der Waals surface area contributed by atoms with Gasteiger partial charge in [-0.15, -0.1) is 0 Å². The number of nitrogens with one attached hydrogen (secondary N) is 1. The van der Waals surface area contributed by atoms with Gasteiger partial charge in [-0.2, -0.15) is 5.10 Å². The lowest BCUT2D eigenvalue weighted by atomic mass is 10.0. The number of benzene rings is 1. The molecule has 1 saturated heterocycles.